The Morgan fingerprint density at radius 1 is 0.962 bits per heavy atom. The summed E-state index contributed by atoms with van der Waals surface area (Å²) in [7, 11) is 0. The van der Waals surface area contributed by atoms with Gasteiger partial charge in [-0.3, -0.25) is 9.59 Å². The van der Waals surface area contributed by atoms with Gasteiger partial charge in [0, 0.05) is 32.8 Å². The molecule has 26 heavy (non-hydrogen) atoms. The number of carbonyl (C=O) groups is 2. The van der Waals surface area contributed by atoms with E-state index in [4.69, 9.17) is 4.74 Å². The molecule has 0 spiro atoms. The fourth-order valence-corrected chi connectivity index (χ4v) is 4.38. The number of ether oxygens (including phenoxy) is 1. The normalized spacial score (nSPS) is 23.0. The molecule has 0 saturated carbocycles. The number of amides is 2. The molecular formula is C21H28N2O3. The largest absolute Gasteiger partial charge is 0.368 e. The number of hydrogen-bond acceptors (Lipinski definition) is 3. The van der Waals surface area contributed by atoms with Crippen LogP contribution >= 0.6 is 0 Å². The molecule has 2 amide bonds. The Bertz CT molecular complexity index is 682. The third kappa shape index (κ3) is 3.78. The van der Waals surface area contributed by atoms with E-state index in [9.17, 15) is 9.59 Å². The molecule has 1 aromatic rings. The lowest BCUT2D eigenvalue weighted by Crippen LogP contribution is -2.42. The molecular weight excluding hydrogens is 328 g/mol. The van der Waals surface area contributed by atoms with Crippen LogP contribution in [0.4, 0.5) is 0 Å². The summed E-state index contributed by atoms with van der Waals surface area (Å²) in [6.07, 6.45) is 6.38. The van der Waals surface area contributed by atoms with Crippen molar-refractivity contribution in [2.75, 3.05) is 32.8 Å². The lowest BCUT2D eigenvalue weighted by molar-refractivity contribution is -0.141. The van der Waals surface area contributed by atoms with Gasteiger partial charge >= 0.3 is 0 Å². The fourth-order valence-electron chi connectivity index (χ4n) is 4.38. The predicted octanol–water partition coefficient (Wildman–Crippen LogP) is 1.96. The molecule has 140 valence electrons. The smallest absolute Gasteiger partial charge is 0.251 e. The monoisotopic (exact) mass is 356 g/mol. The Hall–Kier alpha value is -1.88. The quantitative estimate of drug-likeness (QED) is 0.832. The predicted molar refractivity (Wildman–Crippen MR) is 98.9 cm³/mol. The first kappa shape index (κ1) is 17.5. The zero-order chi connectivity index (χ0) is 17.9. The van der Waals surface area contributed by atoms with Crippen molar-refractivity contribution < 1.29 is 14.3 Å². The van der Waals surface area contributed by atoms with Crippen molar-refractivity contribution in [3.8, 4) is 0 Å². The van der Waals surface area contributed by atoms with E-state index in [1.54, 1.807) is 0 Å². The van der Waals surface area contributed by atoms with Gasteiger partial charge in [-0.1, -0.05) is 18.2 Å². The molecule has 0 N–H and O–H groups in total. The molecule has 5 nitrogen and oxygen atoms in total. The van der Waals surface area contributed by atoms with Crippen molar-refractivity contribution >= 4 is 11.8 Å². The minimum absolute atomic E-state index is 0.107. The molecule has 2 aliphatic heterocycles. The first-order valence-electron chi connectivity index (χ1n) is 9.99. The molecule has 4 rings (SSSR count). The Morgan fingerprint density at radius 3 is 2.62 bits per heavy atom. The highest BCUT2D eigenvalue weighted by Crippen LogP contribution is 2.23. The van der Waals surface area contributed by atoms with Crippen molar-refractivity contribution in [1.82, 2.24) is 9.80 Å². The minimum atomic E-state index is -0.260. The number of carbonyl (C=O) groups excluding carboxylic acids is 2. The van der Waals surface area contributed by atoms with Crippen LogP contribution in [0.5, 0.6) is 0 Å². The second-order valence-electron chi connectivity index (χ2n) is 7.69. The van der Waals surface area contributed by atoms with Crippen LogP contribution in [0, 0.1) is 0 Å². The molecule has 1 unspecified atom stereocenters. The highest BCUT2D eigenvalue weighted by Gasteiger charge is 2.30. The van der Waals surface area contributed by atoms with Gasteiger partial charge in [0.25, 0.3) is 5.91 Å². The molecule has 2 heterocycles. The van der Waals surface area contributed by atoms with Gasteiger partial charge in [0.05, 0.1) is 6.42 Å². The zero-order valence-corrected chi connectivity index (χ0v) is 15.4. The highest BCUT2D eigenvalue weighted by atomic mass is 16.5. The summed E-state index contributed by atoms with van der Waals surface area (Å²) in [6.45, 7) is 3.40. The molecule has 0 radical (unpaired) electrons. The second-order valence-corrected chi connectivity index (χ2v) is 7.69. The number of fused-ring (bicyclic) bond motifs is 1. The maximum absolute atomic E-state index is 12.8. The lowest BCUT2D eigenvalue weighted by atomic mass is 10.0. The van der Waals surface area contributed by atoms with Crippen molar-refractivity contribution in [3.63, 3.8) is 0 Å². The summed E-state index contributed by atoms with van der Waals surface area (Å²) < 4.78 is 5.53. The van der Waals surface area contributed by atoms with Crippen molar-refractivity contribution in [2.45, 2.75) is 51.0 Å². The van der Waals surface area contributed by atoms with Gasteiger partial charge in [-0.25, -0.2) is 0 Å². The molecule has 5 heteroatoms. The molecule has 2 fully saturated rings. The first-order valence-corrected chi connectivity index (χ1v) is 9.99. The van der Waals surface area contributed by atoms with Gasteiger partial charge in [0.15, 0.2) is 0 Å². The summed E-state index contributed by atoms with van der Waals surface area (Å²) in [4.78, 5) is 29.1. The fraction of sp³-hybridized carbons (Fsp3) is 0.619. The SMILES string of the molecule is O=C(Cc1ccc2c(c1)CCC2)N1CCCN(C(=O)C2CCCO2)CC1. The van der Waals surface area contributed by atoms with E-state index in [-0.39, 0.29) is 17.9 Å². The highest BCUT2D eigenvalue weighted by molar-refractivity contribution is 5.82. The molecule has 1 atom stereocenters. The Morgan fingerprint density at radius 2 is 1.77 bits per heavy atom. The summed E-state index contributed by atoms with van der Waals surface area (Å²) in [5.74, 6) is 0.282. The molecule has 1 aromatic carbocycles. The number of aryl methyl sites for hydroxylation is 2. The number of benzene rings is 1. The van der Waals surface area contributed by atoms with Crippen LogP contribution in [-0.4, -0.2) is 60.5 Å². The van der Waals surface area contributed by atoms with Crippen LogP contribution in [0.25, 0.3) is 0 Å². The minimum Gasteiger partial charge on any atom is -0.368 e. The first-order chi connectivity index (χ1) is 12.7. The van der Waals surface area contributed by atoms with Gasteiger partial charge in [-0.15, -0.1) is 0 Å². The number of hydrogen-bond donors (Lipinski definition) is 0. The maximum Gasteiger partial charge on any atom is 0.251 e. The van der Waals surface area contributed by atoms with Gasteiger partial charge in [-0.2, -0.15) is 0 Å². The second kappa shape index (κ2) is 7.78. The van der Waals surface area contributed by atoms with E-state index < -0.39 is 0 Å². The van der Waals surface area contributed by atoms with E-state index in [1.165, 1.54) is 24.0 Å². The lowest BCUT2D eigenvalue weighted by Gasteiger charge is -2.24. The Balaban J connectivity index is 1.33. The van der Waals surface area contributed by atoms with Crippen LogP contribution in [-0.2, 0) is 33.6 Å². The van der Waals surface area contributed by atoms with E-state index >= 15 is 0 Å². The number of nitrogens with zero attached hydrogens (tertiary/aromatic N) is 2. The van der Waals surface area contributed by atoms with E-state index in [1.807, 2.05) is 9.80 Å². The molecule has 1 aliphatic carbocycles. The average molecular weight is 356 g/mol. The van der Waals surface area contributed by atoms with Gasteiger partial charge < -0.3 is 14.5 Å². The van der Waals surface area contributed by atoms with Gasteiger partial charge in [-0.05, 0) is 55.2 Å². The van der Waals surface area contributed by atoms with Crippen LogP contribution in [0.15, 0.2) is 18.2 Å². The summed E-state index contributed by atoms with van der Waals surface area (Å²) in [6, 6.07) is 6.51. The third-order valence-electron chi connectivity index (χ3n) is 5.88. The topological polar surface area (TPSA) is 49.9 Å². The Kier molecular flexibility index (Phi) is 5.25. The van der Waals surface area contributed by atoms with Crippen LogP contribution < -0.4 is 0 Å². The van der Waals surface area contributed by atoms with Crippen LogP contribution in [0.3, 0.4) is 0 Å². The maximum atomic E-state index is 12.8. The Labute approximate surface area is 155 Å². The molecule has 0 aromatic heterocycles. The number of rotatable bonds is 3. The van der Waals surface area contributed by atoms with E-state index in [2.05, 4.69) is 18.2 Å². The van der Waals surface area contributed by atoms with Crippen LogP contribution in [0.1, 0.15) is 42.4 Å². The van der Waals surface area contributed by atoms with Gasteiger partial charge in [0.2, 0.25) is 5.91 Å². The van der Waals surface area contributed by atoms with Crippen molar-refractivity contribution in [1.29, 1.82) is 0 Å². The molecule has 2 saturated heterocycles. The summed E-state index contributed by atoms with van der Waals surface area (Å²) >= 11 is 0. The summed E-state index contributed by atoms with van der Waals surface area (Å²) in [5.41, 5.74) is 3.98. The molecule has 0 bridgehead atoms. The molecule has 3 aliphatic rings. The van der Waals surface area contributed by atoms with Crippen molar-refractivity contribution in [3.05, 3.63) is 34.9 Å². The van der Waals surface area contributed by atoms with E-state index in [0.29, 0.717) is 26.1 Å². The standard InChI is InChI=1S/C21H28N2O3/c24-20(15-16-7-8-17-4-1-5-18(17)14-16)22-9-3-10-23(12-11-22)21(25)19-6-2-13-26-19/h7-8,14,19H,1-6,9-13,15H2. The van der Waals surface area contributed by atoms with Crippen molar-refractivity contribution in [2.24, 2.45) is 0 Å². The van der Waals surface area contributed by atoms with Crippen LogP contribution in [0.2, 0.25) is 0 Å². The summed E-state index contributed by atoms with van der Waals surface area (Å²) in [5, 5.41) is 0. The van der Waals surface area contributed by atoms with E-state index in [0.717, 1.165) is 44.3 Å². The third-order valence-corrected chi connectivity index (χ3v) is 5.88. The zero-order valence-electron chi connectivity index (χ0n) is 15.4. The average Bonchev–Trinajstić information content (AvgIpc) is 3.28. The van der Waals surface area contributed by atoms with Gasteiger partial charge in [0.1, 0.15) is 6.10 Å².